The zero-order valence-electron chi connectivity index (χ0n) is 19.7. The summed E-state index contributed by atoms with van der Waals surface area (Å²) in [6.07, 6.45) is 3.18. The molecule has 36 heavy (non-hydrogen) atoms. The Morgan fingerprint density at radius 1 is 0.972 bits per heavy atom. The van der Waals surface area contributed by atoms with E-state index in [9.17, 15) is 28.4 Å². The first-order valence-corrected chi connectivity index (χ1v) is 12.2. The van der Waals surface area contributed by atoms with Crippen molar-refractivity contribution in [2.24, 2.45) is 5.92 Å². The van der Waals surface area contributed by atoms with Crippen molar-refractivity contribution >= 4 is 29.5 Å². The van der Waals surface area contributed by atoms with E-state index in [1.165, 1.54) is 18.2 Å². The monoisotopic (exact) mass is 491 g/mol. The number of aryl methyl sites for hydroxylation is 1. The molecular weight excluding hydrogens is 465 g/mol. The van der Waals surface area contributed by atoms with E-state index in [4.69, 9.17) is 0 Å². The van der Waals surface area contributed by atoms with Crippen LogP contribution < -0.4 is 5.32 Å². The number of benzene rings is 2. The van der Waals surface area contributed by atoms with Gasteiger partial charge in [-0.25, -0.2) is 4.39 Å². The van der Waals surface area contributed by atoms with Crippen LogP contribution in [-0.2, 0) is 16.0 Å². The molecule has 2 saturated heterocycles. The lowest BCUT2D eigenvalue weighted by molar-refractivity contribution is -0.136. The maximum absolute atomic E-state index is 13.5. The molecule has 1 atom stereocenters. The summed E-state index contributed by atoms with van der Waals surface area (Å²) in [5, 5.41) is 2.21. The molecule has 3 aliphatic heterocycles. The number of rotatable bonds is 5. The number of hydrogen-bond acceptors (Lipinski definition) is 5. The summed E-state index contributed by atoms with van der Waals surface area (Å²) in [5.41, 5.74) is 1.74. The van der Waals surface area contributed by atoms with Gasteiger partial charge < -0.3 is 4.90 Å². The molecule has 0 aliphatic carbocycles. The summed E-state index contributed by atoms with van der Waals surface area (Å²) in [5.74, 6) is -2.29. The molecule has 2 fully saturated rings. The first-order valence-electron chi connectivity index (χ1n) is 12.2. The Labute approximate surface area is 207 Å². The summed E-state index contributed by atoms with van der Waals surface area (Å²) in [6, 6.07) is 9.90. The minimum Gasteiger partial charge on any atom is -0.339 e. The van der Waals surface area contributed by atoms with E-state index in [2.05, 4.69) is 5.32 Å². The number of piperidine rings is 2. The van der Waals surface area contributed by atoms with Gasteiger partial charge in [-0.1, -0.05) is 18.2 Å². The molecule has 5 amide bonds. The van der Waals surface area contributed by atoms with Crippen LogP contribution in [0.4, 0.5) is 4.39 Å². The van der Waals surface area contributed by atoms with E-state index in [0.29, 0.717) is 36.6 Å². The lowest BCUT2D eigenvalue weighted by atomic mass is 9.88. The van der Waals surface area contributed by atoms with Crippen molar-refractivity contribution in [3.05, 3.63) is 70.5 Å². The Morgan fingerprint density at radius 3 is 2.44 bits per heavy atom. The minimum atomic E-state index is -0.983. The molecule has 0 radical (unpaired) electrons. The van der Waals surface area contributed by atoms with E-state index in [-0.39, 0.29) is 24.3 Å². The van der Waals surface area contributed by atoms with Crippen LogP contribution >= 0.6 is 0 Å². The normalized spacial score (nSPS) is 20.5. The van der Waals surface area contributed by atoms with Gasteiger partial charge in [-0.3, -0.25) is 34.2 Å². The van der Waals surface area contributed by atoms with Gasteiger partial charge in [-0.15, -0.1) is 0 Å². The predicted molar refractivity (Wildman–Crippen MR) is 126 cm³/mol. The molecule has 2 aromatic carbocycles. The van der Waals surface area contributed by atoms with Crippen LogP contribution in [0.15, 0.2) is 42.5 Å². The Morgan fingerprint density at radius 2 is 1.72 bits per heavy atom. The molecule has 3 aliphatic rings. The van der Waals surface area contributed by atoms with E-state index in [0.717, 1.165) is 29.7 Å². The molecule has 0 spiro atoms. The van der Waals surface area contributed by atoms with Crippen molar-refractivity contribution < 1.29 is 28.4 Å². The zero-order chi connectivity index (χ0) is 25.4. The van der Waals surface area contributed by atoms with Gasteiger partial charge in [0.05, 0.1) is 11.1 Å². The summed E-state index contributed by atoms with van der Waals surface area (Å²) in [7, 11) is 0. The van der Waals surface area contributed by atoms with Crippen molar-refractivity contribution in [1.29, 1.82) is 0 Å². The maximum Gasteiger partial charge on any atom is 0.262 e. The van der Waals surface area contributed by atoms with Crippen LogP contribution in [0.2, 0.25) is 0 Å². The SMILES string of the molecule is O=C1CCC(N2C(=O)c3cccc(CCC4CCN(C(=O)c5cccc(F)c5)CC4)c3C2=O)C(=O)N1. The number of carbonyl (C=O) groups is 5. The molecule has 0 aromatic heterocycles. The summed E-state index contributed by atoms with van der Waals surface area (Å²) in [6.45, 7) is 1.15. The molecule has 2 aromatic rings. The van der Waals surface area contributed by atoms with Crippen molar-refractivity contribution in [1.82, 2.24) is 15.1 Å². The fraction of sp³-hybridized carbons (Fsp3) is 0.370. The molecule has 0 bridgehead atoms. The predicted octanol–water partition coefficient (Wildman–Crippen LogP) is 2.71. The summed E-state index contributed by atoms with van der Waals surface area (Å²) in [4.78, 5) is 65.5. The lowest BCUT2D eigenvalue weighted by Crippen LogP contribution is -2.54. The second-order valence-electron chi connectivity index (χ2n) is 9.57. The maximum atomic E-state index is 13.5. The highest BCUT2D eigenvalue weighted by atomic mass is 19.1. The number of amides is 5. The minimum absolute atomic E-state index is 0.0804. The second-order valence-corrected chi connectivity index (χ2v) is 9.57. The Hall–Kier alpha value is -3.88. The van der Waals surface area contributed by atoms with Crippen LogP contribution in [-0.4, -0.2) is 58.5 Å². The van der Waals surface area contributed by atoms with Crippen LogP contribution in [0.5, 0.6) is 0 Å². The second kappa shape index (κ2) is 9.64. The Balaban J connectivity index is 1.22. The van der Waals surface area contributed by atoms with E-state index in [1.807, 2.05) is 6.07 Å². The molecule has 1 unspecified atom stereocenters. The van der Waals surface area contributed by atoms with Crippen molar-refractivity contribution in [3.63, 3.8) is 0 Å². The molecule has 1 N–H and O–H groups in total. The van der Waals surface area contributed by atoms with Gasteiger partial charge in [-0.05, 0) is 67.9 Å². The van der Waals surface area contributed by atoms with Gasteiger partial charge in [0.1, 0.15) is 11.9 Å². The standard InChI is InChI=1S/C27H26FN3O5/c28-19-5-1-4-18(15-19)25(34)30-13-11-16(12-14-30)7-8-17-3-2-6-20-23(17)27(36)31(26(20)35)21-9-10-22(32)29-24(21)33/h1-6,15-16,21H,7-14H2,(H,29,32,33). The first-order chi connectivity index (χ1) is 17.3. The number of nitrogens with one attached hydrogen (secondary N) is 1. The van der Waals surface area contributed by atoms with Crippen LogP contribution in [0.1, 0.15) is 68.7 Å². The quantitative estimate of drug-likeness (QED) is 0.648. The Bertz CT molecular complexity index is 1270. The highest BCUT2D eigenvalue weighted by Gasteiger charge is 2.45. The Kier molecular flexibility index (Phi) is 6.38. The highest BCUT2D eigenvalue weighted by molar-refractivity contribution is 6.24. The molecule has 186 valence electrons. The number of likely N-dealkylation sites (tertiary alicyclic amines) is 1. The molecule has 0 saturated carbocycles. The van der Waals surface area contributed by atoms with Gasteiger partial charge in [0.25, 0.3) is 17.7 Å². The average molecular weight is 492 g/mol. The van der Waals surface area contributed by atoms with Gasteiger partial charge in [-0.2, -0.15) is 0 Å². The van der Waals surface area contributed by atoms with Crippen molar-refractivity contribution in [2.45, 2.75) is 44.6 Å². The zero-order valence-corrected chi connectivity index (χ0v) is 19.7. The largest absolute Gasteiger partial charge is 0.339 e. The molecule has 9 heteroatoms. The van der Waals surface area contributed by atoms with Crippen LogP contribution in [0.25, 0.3) is 0 Å². The summed E-state index contributed by atoms with van der Waals surface area (Å²) >= 11 is 0. The fourth-order valence-corrected chi connectivity index (χ4v) is 5.38. The van der Waals surface area contributed by atoms with Crippen molar-refractivity contribution in [2.75, 3.05) is 13.1 Å². The van der Waals surface area contributed by atoms with Crippen molar-refractivity contribution in [3.8, 4) is 0 Å². The average Bonchev–Trinajstić information content (AvgIpc) is 3.13. The third-order valence-corrected chi connectivity index (χ3v) is 7.35. The number of imide groups is 2. The van der Waals surface area contributed by atoms with Crippen LogP contribution in [0.3, 0.4) is 0 Å². The van der Waals surface area contributed by atoms with Gasteiger partial charge in [0.15, 0.2) is 0 Å². The molecule has 5 rings (SSSR count). The molecule has 8 nitrogen and oxygen atoms in total. The number of halogens is 1. The first kappa shape index (κ1) is 23.8. The van der Waals surface area contributed by atoms with E-state index in [1.54, 1.807) is 23.1 Å². The van der Waals surface area contributed by atoms with Crippen LogP contribution in [0, 0.1) is 11.7 Å². The fourth-order valence-electron chi connectivity index (χ4n) is 5.38. The highest BCUT2D eigenvalue weighted by Crippen LogP contribution is 2.32. The lowest BCUT2D eigenvalue weighted by Gasteiger charge is -2.32. The molecule has 3 heterocycles. The summed E-state index contributed by atoms with van der Waals surface area (Å²) < 4.78 is 13.5. The third-order valence-electron chi connectivity index (χ3n) is 7.35. The van der Waals surface area contributed by atoms with E-state index < -0.39 is 35.5 Å². The number of nitrogens with zero attached hydrogens (tertiary/aromatic N) is 2. The third kappa shape index (κ3) is 4.41. The van der Waals surface area contributed by atoms with Gasteiger partial charge in [0, 0.05) is 25.1 Å². The number of hydrogen-bond donors (Lipinski definition) is 1. The number of carbonyl (C=O) groups excluding carboxylic acids is 5. The smallest absolute Gasteiger partial charge is 0.262 e. The van der Waals surface area contributed by atoms with Gasteiger partial charge in [0.2, 0.25) is 11.8 Å². The van der Waals surface area contributed by atoms with Gasteiger partial charge >= 0.3 is 0 Å². The topological polar surface area (TPSA) is 104 Å². The number of fused-ring (bicyclic) bond motifs is 1. The molecular formula is C27H26FN3O5. The van der Waals surface area contributed by atoms with E-state index >= 15 is 0 Å².